The number of hydrogen-bond donors (Lipinski definition) is 0. The van der Waals surface area contributed by atoms with Crippen LogP contribution in [0.15, 0.2) is 24.3 Å². The van der Waals surface area contributed by atoms with Gasteiger partial charge in [-0.1, -0.05) is 44.5 Å². The van der Waals surface area contributed by atoms with E-state index in [1.165, 1.54) is 0 Å². The summed E-state index contributed by atoms with van der Waals surface area (Å²) in [6, 6.07) is 7.75. The van der Waals surface area contributed by atoms with Crippen molar-refractivity contribution in [2.75, 3.05) is 0 Å². The third kappa shape index (κ3) is 3.89. The van der Waals surface area contributed by atoms with Crippen molar-refractivity contribution in [2.45, 2.75) is 32.6 Å². The van der Waals surface area contributed by atoms with Gasteiger partial charge in [0.1, 0.15) is 0 Å². The highest BCUT2D eigenvalue weighted by Gasteiger charge is 2.17. The van der Waals surface area contributed by atoms with Crippen LogP contribution in [0.1, 0.15) is 38.1 Å². The highest BCUT2D eigenvalue weighted by Crippen LogP contribution is 2.34. The largest absolute Gasteiger partial charge is 0.118 e. The maximum atomic E-state index is 6.30. The van der Waals surface area contributed by atoms with E-state index in [9.17, 15) is 0 Å². The molecule has 0 heterocycles. The second kappa shape index (κ2) is 4.55. The molecule has 14 heavy (non-hydrogen) atoms. The Morgan fingerprint density at radius 3 is 2.07 bits per heavy atom. The normalized spacial score (nSPS) is 14.1. The summed E-state index contributed by atoms with van der Waals surface area (Å²) in [4.78, 5) is 0. The maximum absolute atomic E-state index is 6.30. The van der Waals surface area contributed by atoms with Crippen molar-refractivity contribution in [3.05, 3.63) is 34.9 Å². The van der Waals surface area contributed by atoms with Gasteiger partial charge < -0.3 is 0 Å². The van der Waals surface area contributed by atoms with Crippen LogP contribution < -0.4 is 0 Å². The van der Waals surface area contributed by atoms with Gasteiger partial charge in [-0.3, -0.25) is 0 Å². The van der Waals surface area contributed by atoms with E-state index in [1.807, 2.05) is 24.3 Å². The highest BCUT2D eigenvalue weighted by atomic mass is 35.5. The summed E-state index contributed by atoms with van der Waals surface area (Å²) in [6.07, 6.45) is 0.968. The van der Waals surface area contributed by atoms with Crippen molar-refractivity contribution in [3.8, 4) is 0 Å². The van der Waals surface area contributed by atoms with Crippen LogP contribution in [0.25, 0.3) is 0 Å². The third-order valence-corrected chi connectivity index (χ3v) is 2.68. The standard InChI is InChI=1S/C12H16Cl2/c1-12(2,3)8-11(14)9-4-6-10(13)7-5-9/h4-7,11H,8H2,1-3H3. The van der Waals surface area contributed by atoms with Crippen molar-refractivity contribution in [2.24, 2.45) is 5.41 Å². The fourth-order valence-corrected chi connectivity index (χ4v) is 2.06. The Kier molecular flexibility index (Phi) is 3.86. The lowest BCUT2D eigenvalue weighted by Gasteiger charge is -2.22. The molecular formula is C12H16Cl2. The first-order chi connectivity index (χ1) is 6.38. The maximum Gasteiger partial charge on any atom is 0.0590 e. The summed E-state index contributed by atoms with van der Waals surface area (Å²) in [7, 11) is 0. The summed E-state index contributed by atoms with van der Waals surface area (Å²) in [6.45, 7) is 6.58. The van der Waals surface area contributed by atoms with Gasteiger partial charge in [-0.2, -0.15) is 0 Å². The van der Waals surface area contributed by atoms with Crippen molar-refractivity contribution in [1.29, 1.82) is 0 Å². The van der Waals surface area contributed by atoms with Gasteiger partial charge in [-0.15, -0.1) is 11.6 Å². The van der Waals surface area contributed by atoms with Crippen molar-refractivity contribution in [3.63, 3.8) is 0 Å². The zero-order chi connectivity index (χ0) is 10.8. The fraction of sp³-hybridized carbons (Fsp3) is 0.500. The Morgan fingerprint density at radius 1 is 1.14 bits per heavy atom. The lowest BCUT2D eigenvalue weighted by atomic mass is 9.88. The first-order valence-corrected chi connectivity index (χ1v) is 5.59. The van der Waals surface area contributed by atoms with E-state index in [4.69, 9.17) is 23.2 Å². The van der Waals surface area contributed by atoms with Crippen LogP contribution in [0.3, 0.4) is 0 Å². The Bertz CT molecular complexity index is 282. The number of rotatable bonds is 2. The second-order valence-electron chi connectivity index (χ2n) is 4.78. The lowest BCUT2D eigenvalue weighted by Crippen LogP contribution is -2.08. The SMILES string of the molecule is CC(C)(C)CC(Cl)c1ccc(Cl)cc1. The molecule has 1 aromatic rings. The first kappa shape index (κ1) is 11.9. The van der Waals surface area contributed by atoms with E-state index < -0.39 is 0 Å². The van der Waals surface area contributed by atoms with E-state index in [0.29, 0.717) is 0 Å². The number of hydrogen-bond acceptors (Lipinski definition) is 0. The summed E-state index contributed by atoms with van der Waals surface area (Å²) in [5.41, 5.74) is 1.40. The molecule has 2 heteroatoms. The van der Waals surface area contributed by atoms with Crippen molar-refractivity contribution in [1.82, 2.24) is 0 Å². The molecule has 0 amide bonds. The van der Waals surface area contributed by atoms with Crippen LogP contribution in [-0.2, 0) is 0 Å². The van der Waals surface area contributed by atoms with Crippen LogP contribution in [0.4, 0.5) is 0 Å². The van der Waals surface area contributed by atoms with Gasteiger partial charge in [0, 0.05) is 5.02 Å². The second-order valence-corrected chi connectivity index (χ2v) is 5.75. The fourth-order valence-electron chi connectivity index (χ4n) is 1.33. The molecule has 0 saturated carbocycles. The van der Waals surface area contributed by atoms with E-state index in [2.05, 4.69) is 20.8 Å². The monoisotopic (exact) mass is 230 g/mol. The molecule has 0 aromatic heterocycles. The van der Waals surface area contributed by atoms with Gasteiger partial charge in [0.2, 0.25) is 0 Å². The van der Waals surface area contributed by atoms with E-state index >= 15 is 0 Å². The van der Waals surface area contributed by atoms with Crippen LogP contribution in [0.2, 0.25) is 5.02 Å². The summed E-state index contributed by atoms with van der Waals surface area (Å²) >= 11 is 12.1. The Morgan fingerprint density at radius 2 is 1.64 bits per heavy atom. The third-order valence-electron chi connectivity index (χ3n) is 2.02. The van der Waals surface area contributed by atoms with Gasteiger partial charge in [0.05, 0.1) is 5.38 Å². The molecule has 1 aromatic carbocycles. The molecule has 0 aliphatic heterocycles. The molecule has 0 aliphatic rings. The summed E-state index contributed by atoms with van der Waals surface area (Å²) in [5, 5.41) is 0.834. The van der Waals surface area contributed by atoms with Gasteiger partial charge in [-0.05, 0) is 29.5 Å². The molecule has 0 fully saturated rings. The van der Waals surface area contributed by atoms with Crippen LogP contribution in [0, 0.1) is 5.41 Å². The lowest BCUT2D eigenvalue weighted by molar-refractivity contribution is 0.372. The van der Waals surface area contributed by atoms with Gasteiger partial charge in [0.15, 0.2) is 0 Å². The average molecular weight is 231 g/mol. The van der Waals surface area contributed by atoms with Gasteiger partial charge in [-0.25, -0.2) is 0 Å². The van der Waals surface area contributed by atoms with Gasteiger partial charge in [0.25, 0.3) is 0 Å². The zero-order valence-electron chi connectivity index (χ0n) is 8.85. The Labute approximate surface area is 96.2 Å². The van der Waals surface area contributed by atoms with Crippen molar-refractivity contribution >= 4 is 23.2 Å². The topological polar surface area (TPSA) is 0 Å². The molecule has 0 aliphatic carbocycles. The number of alkyl halides is 1. The smallest absolute Gasteiger partial charge is 0.0590 e. The average Bonchev–Trinajstić information content (AvgIpc) is 2.02. The minimum atomic E-state index is 0.0762. The number of halogens is 2. The van der Waals surface area contributed by atoms with E-state index in [-0.39, 0.29) is 10.8 Å². The molecule has 1 rings (SSSR count). The highest BCUT2D eigenvalue weighted by molar-refractivity contribution is 6.30. The molecule has 0 radical (unpaired) electrons. The molecule has 0 nitrogen and oxygen atoms in total. The molecule has 78 valence electrons. The molecule has 1 unspecified atom stereocenters. The van der Waals surface area contributed by atoms with Crippen LogP contribution in [-0.4, -0.2) is 0 Å². The molecular weight excluding hydrogens is 215 g/mol. The molecule has 1 atom stereocenters. The van der Waals surface area contributed by atoms with E-state index in [1.54, 1.807) is 0 Å². The van der Waals surface area contributed by atoms with Crippen molar-refractivity contribution < 1.29 is 0 Å². The zero-order valence-corrected chi connectivity index (χ0v) is 10.4. The predicted molar refractivity (Wildman–Crippen MR) is 64.1 cm³/mol. The Balaban J connectivity index is 2.70. The first-order valence-electron chi connectivity index (χ1n) is 4.78. The number of benzene rings is 1. The molecule has 0 spiro atoms. The summed E-state index contributed by atoms with van der Waals surface area (Å²) in [5.74, 6) is 0. The predicted octanol–water partition coefficient (Wildman–Crippen LogP) is 5.06. The quantitative estimate of drug-likeness (QED) is 0.624. The van der Waals surface area contributed by atoms with Crippen LogP contribution in [0.5, 0.6) is 0 Å². The Hall–Kier alpha value is -0.200. The van der Waals surface area contributed by atoms with Crippen LogP contribution >= 0.6 is 23.2 Å². The minimum Gasteiger partial charge on any atom is -0.118 e. The minimum absolute atomic E-state index is 0.0762. The molecule has 0 bridgehead atoms. The molecule has 0 saturated heterocycles. The van der Waals surface area contributed by atoms with E-state index in [0.717, 1.165) is 17.0 Å². The summed E-state index contributed by atoms with van der Waals surface area (Å²) < 4.78 is 0. The van der Waals surface area contributed by atoms with Gasteiger partial charge >= 0.3 is 0 Å². The molecule has 0 N–H and O–H groups in total.